The van der Waals surface area contributed by atoms with Crippen LogP contribution in [0.5, 0.6) is 5.75 Å². The number of fused-ring (bicyclic) bond motifs is 1. The highest BCUT2D eigenvalue weighted by molar-refractivity contribution is 7.53. The maximum absolute atomic E-state index is 12.0. The molecule has 130 valence electrons. The fraction of sp³-hybridized carbons (Fsp3) is 0.333. The van der Waals surface area contributed by atoms with Crippen LogP contribution in [-0.2, 0) is 9.36 Å². The highest BCUT2D eigenvalue weighted by atomic mass is 31.2. The molecule has 0 fully saturated rings. The Morgan fingerprint density at radius 3 is 2.67 bits per heavy atom. The topological polar surface area (TPSA) is 140 Å². The number of carboxylic acid groups (broad SMARTS) is 1. The lowest BCUT2D eigenvalue weighted by Gasteiger charge is -2.15. The summed E-state index contributed by atoms with van der Waals surface area (Å²) in [6, 6.07) is 3.21. The molecule has 0 saturated heterocycles. The predicted octanol–water partition coefficient (Wildman–Crippen LogP) is 1.78. The number of aliphatic carboxylic acids is 1. The van der Waals surface area contributed by atoms with Crippen LogP contribution in [0.1, 0.15) is 17.5 Å². The van der Waals surface area contributed by atoms with Gasteiger partial charge in [0, 0.05) is 17.0 Å². The molecule has 0 radical (unpaired) electrons. The van der Waals surface area contributed by atoms with Crippen LogP contribution < -0.4 is 15.9 Å². The Morgan fingerprint density at radius 2 is 2.04 bits per heavy atom. The van der Waals surface area contributed by atoms with Gasteiger partial charge in [-0.15, -0.1) is 0 Å². The summed E-state index contributed by atoms with van der Waals surface area (Å²) in [6.45, 7) is 3.43. The third kappa shape index (κ3) is 4.03. The second-order valence-corrected chi connectivity index (χ2v) is 7.39. The first-order chi connectivity index (χ1) is 11.1. The van der Waals surface area contributed by atoms with Crippen molar-refractivity contribution < 1.29 is 28.3 Å². The van der Waals surface area contributed by atoms with Crippen molar-refractivity contribution >= 4 is 24.5 Å². The van der Waals surface area contributed by atoms with E-state index in [0.717, 1.165) is 5.56 Å². The van der Waals surface area contributed by atoms with Gasteiger partial charge in [-0.3, -0.25) is 4.79 Å². The molecule has 0 spiro atoms. The minimum absolute atomic E-state index is 0.0450. The van der Waals surface area contributed by atoms with Gasteiger partial charge in [0.1, 0.15) is 17.4 Å². The molecule has 0 saturated carbocycles. The SMILES string of the molecule is Cc1c(C)c2ccc(OP(=O)(O)CCC(N)C(=O)O)cc2oc1=O. The zero-order valence-electron chi connectivity index (χ0n) is 13.2. The molecule has 8 nitrogen and oxygen atoms in total. The minimum atomic E-state index is -4.08. The Balaban J connectivity index is 2.23. The van der Waals surface area contributed by atoms with E-state index in [2.05, 4.69) is 0 Å². The van der Waals surface area contributed by atoms with E-state index in [1.807, 2.05) is 0 Å². The normalized spacial score (nSPS) is 15.0. The van der Waals surface area contributed by atoms with Crippen LogP contribution in [0, 0.1) is 13.8 Å². The average Bonchev–Trinajstić information content (AvgIpc) is 2.49. The fourth-order valence-electron chi connectivity index (χ4n) is 2.12. The molecule has 9 heteroatoms. The molecule has 2 unspecified atom stereocenters. The molecule has 1 aromatic heterocycles. The van der Waals surface area contributed by atoms with Gasteiger partial charge >= 0.3 is 19.2 Å². The first kappa shape index (κ1) is 18.2. The van der Waals surface area contributed by atoms with Gasteiger partial charge in [0.2, 0.25) is 0 Å². The Bertz CT molecular complexity index is 889. The average molecular weight is 355 g/mol. The molecule has 0 aliphatic heterocycles. The maximum atomic E-state index is 12.0. The standard InChI is InChI=1S/C15H18NO7P/c1-8-9(2)15(19)22-13-7-10(3-4-11(8)13)23-24(20,21)6-5-12(16)14(17)18/h3-4,7,12H,5-6,16H2,1-2H3,(H,17,18)(H,20,21). The van der Waals surface area contributed by atoms with Gasteiger partial charge in [0.05, 0.1) is 6.16 Å². The van der Waals surface area contributed by atoms with Gasteiger partial charge < -0.3 is 24.7 Å². The second-order valence-electron chi connectivity index (χ2n) is 5.48. The number of rotatable bonds is 6. The smallest absolute Gasteiger partial charge is 0.376 e. The zero-order valence-corrected chi connectivity index (χ0v) is 14.1. The third-order valence-electron chi connectivity index (χ3n) is 3.72. The predicted molar refractivity (Wildman–Crippen MR) is 87.5 cm³/mol. The van der Waals surface area contributed by atoms with Crippen LogP contribution in [0.4, 0.5) is 0 Å². The highest BCUT2D eigenvalue weighted by Gasteiger charge is 2.24. The minimum Gasteiger partial charge on any atom is -0.480 e. The van der Waals surface area contributed by atoms with Gasteiger partial charge in [-0.2, -0.15) is 0 Å². The van der Waals surface area contributed by atoms with E-state index in [9.17, 15) is 19.0 Å². The van der Waals surface area contributed by atoms with Crippen molar-refractivity contribution in [3.63, 3.8) is 0 Å². The zero-order chi connectivity index (χ0) is 18.1. The summed E-state index contributed by atoms with van der Waals surface area (Å²) in [6.07, 6.45) is -0.612. The van der Waals surface area contributed by atoms with Crippen LogP contribution in [-0.4, -0.2) is 28.2 Å². The van der Waals surface area contributed by atoms with Crippen LogP contribution >= 0.6 is 7.60 Å². The Morgan fingerprint density at radius 1 is 1.38 bits per heavy atom. The summed E-state index contributed by atoms with van der Waals surface area (Å²) in [4.78, 5) is 32.2. The number of hydrogen-bond donors (Lipinski definition) is 3. The molecular weight excluding hydrogens is 337 g/mol. The van der Waals surface area contributed by atoms with Crippen LogP contribution in [0.3, 0.4) is 0 Å². The molecular formula is C15H18NO7P. The maximum Gasteiger partial charge on any atom is 0.376 e. The van der Waals surface area contributed by atoms with Crippen LogP contribution in [0.2, 0.25) is 0 Å². The van der Waals surface area contributed by atoms with Crippen molar-refractivity contribution in [3.05, 3.63) is 39.7 Å². The van der Waals surface area contributed by atoms with Crippen molar-refractivity contribution in [2.45, 2.75) is 26.3 Å². The summed E-state index contributed by atoms with van der Waals surface area (Å²) < 4.78 is 22.2. The molecule has 2 aromatic rings. The van der Waals surface area contributed by atoms with Crippen molar-refractivity contribution in [3.8, 4) is 5.75 Å². The number of aryl methyl sites for hydroxylation is 1. The highest BCUT2D eigenvalue weighted by Crippen LogP contribution is 2.44. The lowest BCUT2D eigenvalue weighted by Crippen LogP contribution is -2.31. The monoisotopic (exact) mass is 355 g/mol. The number of nitrogens with two attached hydrogens (primary N) is 1. The largest absolute Gasteiger partial charge is 0.480 e. The molecule has 0 bridgehead atoms. The van der Waals surface area contributed by atoms with Gasteiger partial charge in [-0.25, -0.2) is 9.36 Å². The molecule has 1 heterocycles. The molecule has 0 aliphatic rings. The summed E-state index contributed by atoms with van der Waals surface area (Å²) in [5.74, 6) is -1.21. The first-order valence-electron chi connectivity index (χ1n) is 7.14. The molecule has 4 N–H and O–H groups in total. The van der Waals surface area contributed by atoms with E-state index < -0.39 is 31.4 Å². The van der Waals surface area contributed by atoms with Gasteiger partial charge in [0.25, 0.3) is 0 Å². The summed E-state index contributed by atoms with van der Waals surface area (Å²) in [7, 11) is -4.08. The molecule has 2 atom stereocenters. The number of carboxylic acids is 1. The molecule has 2 rings (SSSR count). The Labute approximate surface area is 137 Å². The lowest BCUT2D eigenvalue weighted by molar-refractivity contribution is -0.138. The summed E-state index contributed by atoms with van der Waals surface area (Å²) >= 11 is 0. The molecule has 0 aliphatic carbocycles. The number of benzene rings is 1. The van der Waals surface area contributed by atoms with E-state index in [4.69, 9.17) is 19.8 Å². The summed E-state index contributed by atoms with van der Waals surface area (Å²) in [5, 5.41) is 9.38. The van der Waals surface area contributed by atoms with E-state index >= 15 is 0 Å². The molecule has 0 amide bonds. The van der Waals surface area contributed by atoms with E-state index in [0.29, 0.717) is 10.9 Å². The van der Waals surface area contributed by atoms with Gasteiger partial charge in [-0.1, -0.05) is 0 Å². The molecule has 1 aromatic carbocycles. The fourth-order valence-corrected chi connectivity index (χ4v) is 3.26. The van der Waals surface area contributed by atoms with Crippen LogP contribution in [0.15, 0.2) is 27.4 Å². The lowest BCUT2D eigenvalue weighted by atomic mass is 10.1. The van der Waals surface area contributed by atoms with Gasteiger partial charge in [-0.05, 0) is 38.0 Å². The van der Waals surface area contributed by atoms with E-state index in [1.165, 1.54) is 12.1 Å². The Kier molecular flexibility index (Phi) is 5.13. The van der Waals surface area contributed by atoms with Crippen molar-refractivity contribution in [1.29, 1.82) is 0 Å². The second kappa shape index (κ2) is 6.76. The van der Waals surface area contributed by atoms with Crippen LogP contribution in [0.25, 0.3) is 11.0 Å². The van der Waals surface area contributed by atoms with Crippen molar-refractivity contribution in [1.82, 2.24) is 0 Å². The van der Waals surface area contributed by atoms with E-state index in [1.54, 1.807) is 19.9 Å². The number of hydrogen-bond acceptors (Lipinski definition) is 6. The number of carbonyl (C=O) groups is 1. The van der Waals surface area contributed by atoms with Crippen molar-refractivity contribution in [2.75, 3.05) is 6.16 Å². The summed E-state index contributed by atoms with van der Waals surface area (Å²) in [5.41, 5.74) is 6.30. The van der Waals surface area contributed by atoms with Crippen molar-refractivity contribution in [2.24, 2.45) is 5.73 Å². The van der Waals surface area contributed by atoms with Gasteiger partial charge in [0.15, 0.2) is 0 Å². The van der Waals surface area contributed by atoms with E-state index in [-0.39, 0.29) is 17.8 Å². The first-order valence-corrected chi connectivity index (χ1v) is 8.91. The molecule has 24 heavy (non-hydrogen) atoms. The third-order valence-corrected chi connectivity index (χ3v) is 5.04. The Hall–Kier alpha value is -2.15. The quantitative estimate of drug-likeness (QED) is 0.526.